The maximum atomic E-state index is 12.2. The maximum Gasteiger partial charge on any atom is 0.260 e. The number of imidazole rings is 1. The van der Waals surface area contributed by atoms with Crippen LogP contribution in [0.2, 0.25) is 0 Å². The first-order valence-electron chi connectivity index (χ1n) is 5.93. The second-order valence-electron chi connectivity index (χ2n) is 4.15. The van der Waals surface area contributed by atoms with E-state index in [1.807, 2.05) is 0 Å². The van der Waals surface area contributed by atoms with Crippen LogP contribution in [-0.2, 0) is 16.4 Å². The third kappa shape index (κ3) is 2.40. The number of nitrogens with zero attached hydrogens (tertiary/aromatic N) is 3. The number of fused-ring (bicyclic) bond motifs is 1. The van der Waals surface area contributed by atoms with Gasteiger partial charge in [0, 0.05) is 31.1 Å². The molecule has 3 heterocycles. The lowest BCUT2D eigenvalue weighted by atomic mass is 10.3. The van der Waals surface area contributed by atoms with Gasteiger partial charge in [0.15, 0.2) is 5.65 Å². The van der Waals surface area contributed by atoms with Gasteiger partial charge in [0.25, 0.3) is 10.0 Å². The minimum atomic E-state index is -3.66. The first kappa shape index (κ1) is 12.8. The lowest BCUT2D eigenvalue weighted by molar-refractivity contribution is 0.578. The molecule has 0 fully saturated rings. The fourth-order valence-corrected chi connectivity index (χ4v) is 2.97. The lowest BCUT2D eigenvalue weighted by Gasteiger charge is -2.03. The molecule has 0 saturated carbocycles. The number of hydrogen-bond acceptors (Lipinski definition) is 5. The molecule has 0 saturated heterocycles. The van der Waals surface area contributed by atoms with E-state index in [9.17, 15) is 8.42 Å². The SMILES string of the molecule is O=S(=O)(NCCc1cnc[nH]1)c1n[nH]c2ncccc12. The molecule has 3 N–H and O–H groups in total. The van der Waals surface area contributed by atoms with Crippen molar-refractivity contribution in [3.8, 4) is 0 Å². The molecule has 3 aromatic heterocycles. The van der Waals surface area contributed by atoms with E-state index in [0.717, 1.165) is 5.69 Å². The molecule has 0 atom stereocenters. The van der Waals surface area contributed by atoms with Crippen molar-refractivity contribution >= 4 is 21.1 Å². The molecular formula is C11H12N6O2S. The fraction of sp³-hybridized carbons (Fsp3) is 0.182. The highest BCUT2D eigenvalue weighted by Crippen LogP contribution is 2.17. The number of sulfonamides is 1. The van der Waals surface area contributed by atoms with Crippen LogP contribution in [0, 0.1) is 0 Å². The van der Waals surface area contributed by atoms with Gasteiger partial charge < -0.3 is 4.98 Å². The number of aromatic amines is 2. The topological polar surface area (TPSA) is 116 Å². The Labute approximate surface area is 114 Å². The maximum absolute atomic E-state index is 12.2. The summed E-state index contributed by atoms with van der Waals surface area (Å²) in [6.07, 6.45) is 5.31. The molecule has 8 nitrogen and oxygen atoms in total. The number of aromatic nitrogens is 5. The van der Waals surface area contributed by atoms with E-state index in [0.29, 0.717) is 17.5 Å². The quantitative estimate of drug-likeness (QED) is 0.621. The summed E-state index contributed by atoms with van der Waals surface area (Å²) in [5.41, 5.74) is 1.31. The van der Waals surface area contributed by atoms with Crippen LogP contribution >= 0.6 is 0 Å². The Hall–Kier alpha value is -2.26. The number of hydrogen-bond donors (Lipinski definition) is 3. The van der Waals surface area contributed by atoms with E-state index in [4.69, 9.17) is 0 Å². The Balaban J connectivity index is 1.78. The Bertz CT molecular complexity index is 808. The summed E-state index contributed by atoms with van der Waals surface area (Å²) in [6, 6.07) is 3.33. The van der Waals surface area contributed by atoms with E-state index >= 15 is 0 Å². The van der Waals surface area contributed by atoms with Crippen molar-refractivity contribution in [1.29, 1.82) is 0 Å². The minimum Gasteiger partial charge on any atom is -0.348 e. The molecule has 9 heteroatoms. The van der Waals surface area contributed by atoms with Crippen LogP contribution in [0.1, 0.15) is 5.69 Å². The van der Waals surface area contributed by atoms with Crippen LogP contribution in [0.15, 0.2) is 35.9 Å². The van der Waals surface area contributed by atoms with Gasteiger partial charge in [-0.05, 0) is 12.1 Å². The fourth-order valence-electron chi connectivity index (χ4n) is 1.85. The molecule has 20 heavy (non-hydrogen) atoms. The predicted molar refractivity (Wildman–Crippen MR) is 71.4 cm³/mol. The minimum absolute atomic E-state index is 0.0368. The highest BCUT2D eigenvalue weighted by Gasteiger charge is 2.20. The molecule has 0 aliphatic rings. The van der Waals surface area contributed by atoms with Gasteiger partial charge in [-0.15, -0.1) is 0 Å². The summed E-state index contributed by atoms with van der Waals surface area (Å²) in [4.78, 5) is 10.8. The Morgan fingerprint density at radius 2 is 2.25 bits per heavy atom. The molecule has 0 aliphatic heterocycles. The standard InChI is InChI=1S/C11H12N6O2S/c18-20(19,15-5-3-8-6-12-7-14-8)11-9-2-1-4-13-10(9)16-17-11/h1-2,4,6-7,15H,3,5H2,(H,12,14)(H,13,16,17). The number of nitrogens with one attached hydrogen (secondary N) is 3. The molecule has 0 aromatic carbocycles. The highest BCUT2D eigenvalue weighted by atomic mass is 32.2. The van der Waals surface area contributed by atoms with Crippen LogP contribution in [0.3, 0.4) is 0 Å². The number of rotatable bonds is 5. The second kappa shape index (κ2) is 5.02. The molecule has 3 aromatic rings. The summed E-state index contributed by atoms with van der Waals surface area (Å²) in [5.74, 6) is 0. The van der Waals surface area contributed by atoms with Gasteiger partial charge in [0.1, 0.15) is 0 Å². The molecule has 0 aliphatic carbocycles. The largest absolute Gasteiger partial charge is 0.348 e. The van der Waals surface area contributed by atoms with Crippen molar-refractivity contribution in [3.05, 3.63) is 36.5 Å². The summed E-state index contributed by atoms with van der Waals surface area (Å²) in [5, 5.41) is 6.86. The molecule has 3 rings (SSSR count). The third-order valence-corrected chi connectivity index (χ3v) is 4.20. The summed E-state index contributed by atoms with van der Waals surface area (Å²) < 4.78 is 26.9. The lowest BCUT2D eigenvalue weighted by Crippen LogP contribution is -2.26. The smallest absolute Gasteiger partial charge is 0.260 e. The zero-order valence-electron chi connectivity index (χ0n) is 10.4. The van der Waals surface area contributed by atoms with Crippen LogP contribution in [0.4, 0.5) is 0 Å². The van der Waals surface area contributed by atoms with Gasteiger partial charge in [-0.2, -0.15) is 5.10 Å². The van der Waals surface area contributed by atoms with E-state index in [2.05, 4.69) is 29.9 Å². The van der Waals surface area contributed by atoms with Gasteiger partial charge in [-0.3, -0.25) is 5.10 Å². The normalized spacial score (nSPS) is 12.0. The average Bonchev–Trinajstić information content (AvgIpc) is 3.07. The molecular weight excluding hydrogens is 280 g/mol. The molecule has 0 spiro atoms. The van der Waals surface area contributed by atoms with Crippen LogP contribution < -0.4 is 4.72 Å². The summed E-state index contributed by atoms with van der Waals surface area (Å²) in [6.45, 7) is 0.263. The van der Waals surface area contributed by atoms with Crippen LogP contribution in [0.5, 0.6) is 0 Å². The van der Waals surface area contributed by atoms with E-state index < -0.39 is 10.0 Å². The van der Waals surface area contributed by atoms with Crippen molar-refractivity contribution in [2.24, 2.45) is 0 Å². The van der Waals surface area contributed by atoms with Gasteiger partial charge in [0.2, 0.25) is 5.03 Å². The predicted octanol–water partition coefficient (Wildman–Crippen LogP) is 0.202. The van der Waals surface area contributed by atoms with Crippen molar-refractivity contribution in [2.45, 2.75) is 11.4 Å². The molecule has 0 radical (unpaired) electrons. The van der Waals surface area contributed by atoms with Crippen LogP contribution in [-0.4, -0.2) is 40.1 Å². The van der Waals surface area contributed by atoms with Crippen molar-refractivity contribution in [2.75, 3.05) is 6.54 Å². The van der Waals surface area contributed by atoms with Gasteiger partial charge in [0.05, 0.1) is 11.7 Å². The Morgan fingerprint density at radius 3 is 3.05 bits per heavy atom. The summed E-state index contributed by atoms with van der Waals surface area (Å²) >= 11 is 0. The first-order chi connectivity index (χ1) is 9.67. The first-order valence-corrected chi connectivity index (χ1v) is 7.41. The monoisotopic (exact) mass is 292 g/mol. The highest BCUT2D eigenvalue weighted by molar-refractivity contribution is 7.89. The van der Waals surface area contributed by atoms with Gasteiger partial charge in [-0.25, -0.2) is 23.1 Å². The number of H-pyrrole nitrogens is 2. The van der Waals surface area contributed by atoms with E-state index in [-0.39, 0.29) is 11.6 Å². The van der Waals surface area contributed by atoms with Gasteiger partial charge >= 0.3 is 0 Å². The third-order valence-electron chi connectivity index (χ3n) is 2.80. The second-order valence-corrected chi connectivity index (χ2v) is 5.84. The summed E-state index contributed by atoms with van der Waals surface area (Å²) in [7, 11) is -3.66. The molecule has 0 amide bonds. The zero-order valence-corrected chi connectivity index (χ0v) is 11.2. The molecule has 0 unspecified atom stereocenters. The Kier molecular flexibility index (Phi) is 3.20. The van der Waals surface area contributed by atoms with Crippen LogP contribution in [0.25, 0.3) is 11.0 Å². The van der Waals surface area contributed by atoms with Crippen molar-refractivity contribution in [3.63, 3.8) is 0 Å². The number of pyridine rings is 1. The van der Waals surface area contributed by atoms with E-state index in [1.165, 1.54) is 0 Å². The Morgan fingerprint density at radius 1 is 1.35 bits per heavy atom. The van der Waals surface area contributed by atoms with E-state index in [1.54, 1.807) is 30.9 Å². The van der Waals surface area contributed by atoms with Crippen molar-refractivity contribution < 1.29 is 8.42 Å². The van der Waals surface area contributed by atoms with Gasteiger partial charge in [-0.1, -0.05) is 0 Å². The molecule has 0 bridgehead atoms. The molecule has 104 valence electrons. The van der Waals surface area contributed by atoms with Crippen molar-refractivity contribution in [1.82, 2.24) is 29.9 Å². The zero-order chi connectivity index (χ0) is 14.0. The average molecular weight is 292 g/mol.